The van der Waals surface area contributed by atoms with Crippen molar-refractivity contribution >= 4 is 5.96 Å². The number of rotatable bonds is 7. The summed E-state index contributed by atoms with van der Waals surface area (Å²) in [7, 11) is 0. The number of aryl methyl sites for hydroxylation is 2. The van der Waals surface area contributed by atoms with Crippen LogP contribution in [-0.2, 0) is 13.1 Å². The molecule has 0 bridgehead atoms. The van der Waals surface area contributed by atoms with Gasteiger partial charge in [-0.1, -0.05) is 18.2 Å². The number of oxazole rings is 1. The summed E-state index contributed by atoms with van der Waals surface area (Å²) in [6.45, 7) is 7.77. The molecule has 27 heavy (non-hydrogen) atoms. The fraction of sp³-hybridized carbons (Fsp3) is 0.524. The van der Waals surface area contributed by atoms with Crippen molar-refractivity contribution in [3.05, 3.63) is 47.2 Å². The Kier molecular flexibility index (Phi) is 6.74. The Hall–Kier alpha value is -2.50. The summed E-state index contributed by atoms with van der Waals surface area (Å²) in [5.41, 5.74) is 2.02. The van der Waals surface area contributed by atoms with Gasteiger partial charge in [-0.3, -0.25) is 0 Å². The van der Waals surface area contributed by atoms with E-state index in [1.807, 2.05) is 39.0 Å². The molecule has 3 rings (SSSR count). The number of nitrogens with one attached hydrogen (secondary N) is 2. The molecule has 0 spiro atoms. The average molecular weight is 370 g/mol. The third kappa shape index (κ3) is 5.49. The van der Waals surface area contributed by atoms with Crippen molar-refractivity contribution in [1.29, 1.82) is 0 Å². The number of nitrogens with zero attached hydrogens (tertiary/aromatic N) is 2. The maximum atomic E-state index is 6.21. The Morgan fingerprint density at radius 2 is 2.00 bits per heavy atom. The first-order valence-electron chi connectivity index (χ1n) is 9.85. The molecular weight excluding hydrogens is 340 g/mol. The standard InChI is InChI=1S/C21H30N4O2/c1-4-22-21(24-14-20-25-15(2)16(3)26-20)23-13-17-9-5-8-12-19(17)27-18-10-6-7-11-18/h5,8-9,12,18H,4,6-7,10-11,13-14H2,1-3H3,(H2,22,23,24). The molecule has 1 heterocycles. The molecule has 1 aliphatic carbocycles. The second kappa shape index (κ2) is 9.44. The lowest BCUT2D eigenvalue weighted by Gasteiger charge is -2.16. The Balaban J connectivity index is 1.63. The number of benzene rings is 1. The molecule has 1 aliphatic rings. The number of guanidine groups is 1. The minimum Gasteiger partial charge on any atom is -0.490 e. The summed E-state index contributed by atoms with van der Waals surface area (Å²) < 4.78 is 11.8. The van der Waals surface area contributed by atoms with Crippen LogP contribution in [0.3, 0.4) is 0 Å². The van der Waals surface area contributed by atoms with E-state index in [-0.39, 0.29) is 0 Å². The predicted molar refractivity (Wildman–Crippen MR) is 107 cm³/mol. The molecule has 6 nitrogen and oxygen atoms in total. The minimum absolute atomic E-state index is 0.345. The number of aliphatic imine (C=N–C) groups is 1. The van der Waals surface area contributed by atoms with Crippen molar-refractivity contribution in [2.75, 3.05) is 6.54 Å². The van der Waals surface area contributed by atoms with Gasteiger partial charge in [0, 0.05) is 12.1 Å². The molecule has 6 heteroatoms. The van der Waals surface area contributed by atoms with Crippen LogP contribution in [0.1, 0.15) is 55.5 Å². The number of hydrogen-bond acceptors (Lipinski definition) is 4. The predicted octanol–water partition coefficient (Wildman–Crippen LogP) is 3.87. The van der Waals surface area contributed by atoms with Gasteiger partial charge in [0.05, 0.1) is 24.9 Å². The molecule has 1 saturated carbocycles. The van der Waals surface area contributed by atoms with Crippen molar-refractivity contribution in [3.8, 4) is 5.75 Å². The lowest BCUT2D eigenvalue weighted by molar-refractivity contribution is 0.208. The van der Waals surface area contributed by atoms with Gasteiger partial charge in [0.15, 0.2) is 5.96 Å². The highest BCUT2D eigenvalue weighted by molar-refractivity contribution is 5.79. The molecule has 1 aromatic carbocycles. The molecule has 2 N–H and O–H groups in total. The quantitative estimate of drug-likeness (QED) is 0.572. The van der Waals surface area contributed by atoms with E-state index in [2.05, 4.69) is 21.7 Å². The van der Waals surface area contributed by atoms with Crippen molar-refractivity contribution < 1.29 is 9.15 Å². The molecule has 146 valence electrons. The smallest absolute Gasteiger partial charge is 0.214 e. The number of para-hydroxylation sites is 1. The van der Waals surface area contributed by atoms with Crippen LogP contribution in [0.25, 0.3) is 0 Å². The third-order valence-corrected chi connectivity index (χ3v) is 4.80. The van der Waals surface area contributed by atoms with Crippen LogP contribution in [0.15, 0.2) is 33.7 Å². The van der Waals surface area contributed by atoms with E-state index in [9.17, 15) is 0 Å². The summed E-state index contributed by atoms with van der Waals surface area (Å²) in [6, 6.07) is 8.18. The van der Waals surface area contributed by atoms with Gasteiger partial charge in [-0.05, 0) is 52.5 Å². The average Bonchev–Trinajstić information content (AvgIpc) is 3.28. The summed E-state index contributed by atoms with van der Waals surface area (Å²) in [5, 5.41) is 6.55. The van der Waals surface area contributed by atoms with Crippen LogP contribution in [0.4, 0.5) is 0 Å². The molecule has 1 aromatic heterocycles. The summed E-state index contributed by atoms with van der Waals surface area (Å²) in [4.78, 5) is 9.11. The van der Waals surface area contributed by atoms with Crippen molar-refractivity contribution in [2.45, 2.75) is 65.6 Å². The molecular formula is C21H30N4O2. The largest absolute Gasteiger partial charge is 0.490 e. The second-order valence-corrected chi connectivity index (χ2v) is 6.93. The molecule has 0 amide bonds. The van der Waals surface area contributed by atoms with Crippen LogP contribution in [0.2, 0.25) is 0 Å². The molecule has 0 unspecified atom stereocenters. The van der Waals surface area contributed by atoms with E-state index >= 15 is 0 Å². The Bertz CT molecular complexity index is 744. The SMILES string of the molecule is CCNC(=NCc1ccccc1OC1CCCC1)NCc1nc(C)c(C)o1. The zero-order chi connectivity index (χ0) is 19.1. The maximum absolute atomic E-state index is 6.21. The Morgan fingerprint density at radius 3 is 2.70 bits per heavy atom. The van der Waals surface area contributed by atoms with Crippen molar-refractivity contribution in [2.24, 2.45) is 4.99 Å². The molecule has 0 saturated heterocycles. The van der Waals surface area contributed by atoms with Crippen LogP contribution in [0.5, 0.6) is 5.75 Å². The zero-order valence-corrected chi connectivity index (χ0v) is 16.5. The second-order valence-electron chi connectivity index (χ2n) is 6.93. The van der Waals surface area contributed by atoms with E-state index < -0.39 is 0 Å². The summed E-state index contributed by atoms with van der Waals surface area (Å²) >= 11 is 0. The topological polar surface area (TPSA) is 71.7 Å². The fourth-order valence-corrected chi connectivity index (χ4v) is 3.22. The van der Waals surface area contributed by atoms with Gasteiger partial charge < -0.3 is 19.8 Å². The number of hydrogen-bond donors (Lipinski definition) is 2. The Labute approximate surface area is 161 Å². The summed E-state index contributed by atoms with van der Waals surface area (Å²) in [6.07, 6.45) is 5.17. The van der Waals surface area contributed by atoms with Gasteiger partial charge >= 0.3 is 0 Å². The first-order valence-corrected chi connectivity index (χ1v) is 9.85. The molecule has 1 fully saturated rings. The highest BCUT2D eigenvalue weighted by Crippen LogP contribution is 2.27. The minimum atomic E-state index is 0.345. The highest BCUT2D eigenvalue weighted by Gasteiger charge is 2.17. The normalized spacial score (nSPS) is 15.1. The Morgan fingerprint density at radius 1 is 1.22 bits per heavy atom. The lowest BCUT2D eigenvalue weighted by Crippen LogP contribution is -2.36. The van der Waals surface area contributed by atoms with Crippen LogP contribution >= 0.6 is 0 Å². The maximum Gasteiger partial charge on any atom is 0.214 e. The number of aromatic nitrogens is 1. The van der Waals surface area contributed by atoms with Crippen molar-refractivity contribution in [3.63, 3.8) is 0 Å². The van der Waals surface area contributed by atoms with Gasteiger partial charge in [0.2, 0.25) is 5.89 Å². The highest BCUT2D eigenvalue weighted by atomic mass is 16.5. The van der Waals surface area contributed by atoms with Crippen molar-refractivity contribution in [1.82, 2.24) is 15.6 Å². The van der Waals surface area contributed by atoms with Gasteiger partial charge in [0.25, 0.3) is 0 Å². The van der Waals surface area contributed by atoms with E-state index in [0.29, 0.717) is 25.1 Å². The zero-order valence-electron chi connectivity index (χ0n) is 16.5. The molecule has 0 radical (unpaired) electrons. The van der Waals surface area contributed by atoms with Crippen LogP contribution in [0, 0.1) is 13.8 Å². The summed E-state index contributed by atoms with van der Waals surface area (Å²) in [5.74, 6) is 3.21. The lowest BCUT2D eigenvalue weighted by atomic mass is 10.2. The monoisotopic (exact) mass is 370 g/mol. The molecule has 0 aliphatic heterocycles. The first kappa shape index (κ1) is 19.3. The molecule has 2 aromatic rings. The van der Waals surface area contributed by atoms with Gasteiger partial charge in [-0.25, -0.2) is 9.98 Å². The van der Waals surface area contributed by atoms with E-state index in [4.69, 9.17) is 14.1 Å². The fourth-order valence-electron chi connectivity index (χ4n) is 3.22. The number of ether oxygens (including phenoxy) is 1. The van der Waals surface area contributed by atoms with Gasteiger partial charge in [-0.2, -0.15) is 0 Å². The van der Waals surface area contributed by atoms with E-state index in [0.717, 1.165) is 48.1 Å². The van der Waals surface area contributed by atoms with Crippen LogP contribution in [-0.4, -0.2) is 23.6 Å². The van der Waals surface area contributed by atoms with E-state index in [1.165, 1.54) is 12.8 Å². The molecule has 0 atom stereocenters. The van der Waals surface area contributed by atoms with Gasteiger partial charge in [-0.15, -0.1) is 0 Å². The first-order chi connectivity index (χ1) is 13.2. The van der Waals surface area contributed by atoms with Gasteiger partial charge in [0.1, 0.15) is 11.5 Å². The van der Waals surface area contributed by atoms with Crippen LogP contribution < -0.4 is 15.4 Å². The third-order valence-electron chi connectivity index (χ3n) is 4.80. The van der Waals surface area contributed by atoms with E-state index in [1.54, 1.807) is 0 Å².